The summed E-state index contributed by atoms with van der Waals surface area (Å²) in [4.78, 5) is 34.5. The van der Waals surface area contributed by atoms with E-state index in [0.717, 1.165) is 16.7 Å². The molecule has 160 valence electrons. The molecule has 3 heterocycles. The van der Waals surface area contributed by atoms with Crippen molar-refractivity contribution in [3.8, 4) is 11.1 Å². The zero-order valence-corrected chi connectivity index (χ0v) is 18.2. The third-order valence-electron chi connectivity index (χ3n) is 4.96. The predicted octanol–water partition coefficient (Wildman–Crippen LogP) is 3.26. The van der Waals surface area contributed by atoms with E-state index in [-0.39, 0.29) is 24.4 Å². The summed E-state index contributed by atoms with van der Waals surface area (Å²) in [6, 6.07) is 8.07. The fourth-order valence-electron chi connectivity index (χ4n) is 3.29. The molecule has 0 saturated carbocycles. The summed E-state index contributed by atoms with van der Waals surface area (Å²) in [5, 5.41) is 9.17. The van der Waals surface area contributed by atoms with Crippen molar-refractivity contribution >= 4 is 27.5 Å². The molecule has 4 aromatic rings. The number of hydrogen-bond acceptors (Lipinski definition) is 7. The Morgan fingerprint density at radius 1 is 1.23 bits per heavy atom. The van der Waals surface area contributed by atoms with Crippen molar-refractivity contribution in [3.05, 3.63) is 63.6 Å². The topological polar surface area (TPSA) is 103 Å². The summed E-state index contributed by atoms with van der Waals surface area (Å²) in [5.74, 6) is 1.06. The van der Waals surface area contributed by atoms with E-state index in [0.29, 0.717) is 41.3 Å². The first-order chi connectivity index (χ1) is 15.0. The molecule has 0 unspecified atom stereocenters. The molecule has 8 nitrogen and oxygen atoms in total. The number of nitrogens with zero attached hydrogens (tertiary/aromatic N) is 4. The minimum Gasteiger partial charge on any atom is -0.356 e. The first kappa shape index (κ1) is 20.9. The molecule has 0 spiro atoms. The highest BCUT2D eigenvalue weighted by Crippen LogP contribution is 2.30. The van der Waals surface area contributed by atoms with E-state index < -0.39 is 0 Å². The van der Waals surface area contributed by atoms with E-state index in [9.17, 15) is 9.59 Å². The molecular weight excluding hydrogens is 414 g/mol. The maximum Gasteiger partial charge on any atom is 0.262 e. The van der Waals surface area contributed by atoms with Crippen LogP contribution in [0.3, 0.4) is 0 Å². The lowest BCUT2D eigenvalue weighted by atomic mass is 10.1. The molecule has 31 heavy (non-hydrogen) atoms. The van der Waals surface area contributed by atoms with E-state index in [4.69, 9.17) is 4.52 Å². The zero-order valence-electron chi connectivity index (χ0n) is 17.4. The number of amides is 1. The van der Waals surface area contributed by atoms with Crippen LogP contribution in [0.1, 0.15) is 30.1 Å². The number of aryl methyl sites for hydroxylation is 4. The Kier molecular flexibility index (Phi) is 6.22. The summed E-state index contributed by atoms with van der Waals surface area (Å²) in [6.45, 7) is 4.58. The van der Waals surface area contributed by atoms with Gasteiger partial charge in [0.25, 0.3) is 5.56 Å². The molecule has 0 fully saturated rings. The number of hydrogen-bond donors (Lipinski definition) is 1. The number of fused-ring (bicyclic) bond motifs is 1. The van der Waals surface area contributed by atoms with Crippen LogP contribution in [0.25, 0.3) is 21.3 Å². The molecule has 0 atom stereocenters. The van der Waals surface area contributed by atoms with Gasteiger partial charge in [-0.15, -0.1) is 11.3 Å². The van der Waals surface area contributed by atoms with Crippen LogP contribution in [-0.4, -0.2) is 32.1 Å². The fourth-order valence-corrected chi connectivity index (χ4v) is 4.20. The van der Waals surface area contributed by atoms with Gasteiger partial charge in [0.2, 0.25) is 11.8 Å². The SMILES string of the molecule is Cc1ccc(-c2csc3ncn(CCC(=O)NCCCc4nc(C)no4)c(=O)c23)cc1. The standard InChI is InChI=1S/C22H23N5O3S/c1-14-5-7-16(8-6-14)17-12-31-21-20(17)22(29)27(13-24-21)11-9-18(28)23-10-3-4-19-25-15(2)26-30-19/h5-8,12-13H,3-4,9-11H2,1-2H3,(H,23,28). The van der Waals surface area contributed by atoms with E-state index in [1.165, 1.54) is 22.2 Å². The Morgan fingerprint density at radius 2 is 2.03 bits per heavy atom. The van der Waals surface area contributed by atoms with Crippen LogP contribution < -0.4 is 10.9 Å². The first-order valence-electron chi connectivity index (χ1n) is 10.1. The van der Waals surface area contributed by atoms with E-state index in [1.54, 1.807) is 6.92 Å². The van der Waals surface area contributed by atoms with Gasteiger partial charge in [-0.1, -0.05) is 35.0 Å². The molecule has 4 rings (SSSR count). The Hall–Kier alpha value is -3.33. The number of benzene rings is 1. The summed E-state index contributed by atoms with van der Waals surface area (Å²) in [6.07, 6.45) is 3.04. The molecule has 0 bridgehead atoms. The number of thiophene rings is 1. The number of aromatic nitrogens is 4. The van der Waals surface area contributed by atoms with Gasteiger partial charge in [-0.05, 0) is 25.8 Å². The molecule has 9 heteroatoms. The lowest BCUT2D eigenvalue weighted by Gasteiger charge is -2.07. The fraction of sp³-hybridized carbons (Fsp3) is 0.318. The number of nitrogens with one attached hydrogen (secondary N) is 1. The molecule has 0 aliphatic carbocycles. The number of rotatable bonds is 8. The largest absolute Gasteiger partial charge is 0.356 e. The maximum atomic E-state index is 13.1. The summed E-state index contributed by atoms with van der Waals surface area (Å²) < 4.78 is 6.56. The molecular formula is C22H23N5O3S. The van der Waals surface area contributed by atoms with Gasteiger partial charge in [0.15, 0.2) is 5.82 Å². The van der Waals surface area contributed by atoms with Crippen LogP contribution >= 0.6 is 11.3 Å². The molecule has 1 amide bonds. The highest BCUT2D eigenvalue weighted by molar-refractivity contribution is 7.17. The van der Waals surface area contributed by atoms with Gasteiger partial charge >= 0.3 is 0 Å². The Labute approximate surface area is 182 Å². The second kappa shape index (κ2) is 9.22. The van der Waals surface area contributed by atoms with Crippen LogP contribution in [0.15, 0.2) is 45.3 Å². The molecule has 3 aromatic heterocycles. The average molecular weight is 438 g/mol. The Bertz CT molecular complexity index is 1260. The van der Waals surface area contributed by atoms with Crippen LogP contribution in [0.2, 0.25) is 0 Å². The predicted molar refractivity (Wildman–Crippen MR) is 119 cm³/mol. The van der Waals surface area contributed by atoms with Gasteiger partial charge in [0.05, 0.1) is 11.7 Å². The highest BCUT2D eigenvalue weighted by atomic mass is 32.1. The number of carbonyl (C=O) groups is 1. The van der Waals surface area contributed by atoms with Gasteiger partial charge in [-0.25, -0.2) is 4.98 Å². The minimum absolute atomic E-state index is 0.113. The van der Waals surface area contributed by atoms with Gasteiger partial charge in [-0.3, -0.25) is 14.2 Å². The van der Waals surface area contributed by atoms with Crippen molar-refractivity contribution in [3.63, 3.8) is 0 Å². The van der Waals surface area contributed by atoms with E-state index >= 15 is 0 Å². The smallest absolute Gasteiger partial charge is 0.262 e. The van der Waals surface area contributed by atoms with Crippen LogP contribution in [-0.2, 0) is 17.8 Å². The molecule has 0 aliphatic rings. The van der Waals surface area contributed by atoms with Gasteiger partial charge in [0, 0.05) is 36.9 Å². The lowest BCUT2D eigenvalue weighted by molar-refractivity contribution is -0.121. The van der Waals surface area contributed by atoms with Crippen molar-refractivity contribution in [2.75, 3.05) is 6.54 Å². The second-order valence-corrected chi connectivity index (χ2v) is 8.24. The molecule has 0 saturated heterocycles. The molecule has 0 radical (unpaired) electrons. The highest BCUT2D eigenvalue weighted by Gasteiger charge is 2.14. The van der Waals surface area contributed by atoms with Crippen LogP contribution in [0.5, 0.6) is 0 Å². The summed E-state index contributed by atoms with van der Waals surface area (Å²) in [7, 11) is 0. The summed E-state index contributed by atoms with van der Waals surface area (Å²) in [5.41, 5.74) is 2.91. The van der Waals surface area contributed by atoms with E-state index in [1.807, 2.05) is 36.6 Å². The van der Waals surface area contributed by atoms with Crippen molar-refractivity contribution in [1.29, 1.82) is 0 Å². The molecule has 1 N–H and O–H groups in total. The third kappa shape index (κ3) is 4.88. The van der Waals surface area contributed by atoms with Crippen LogP contribution in [0.4, 0.5) is 0 Å². The quantitative estimate of drug-likeness (QED) is 0.425. The van der Waals surface area contributed by atoms with Crippen LogP contribution in [0, 0.1) is 13.8 Å². The maximum absolute atomic E-state index is 13.1. The Morgan fingerprint density at radius 3 is 2.77 bits per heavy atom. The number of carbonyl (C=O) groups excluding carboxylic acids is 1. The molecule has 1 aromatic carbocycles. The Balaban J connectivity index is 1.37. The normalized spacial score (nSPS) is 11.2. The van der Waals surface area contributed by atoms with Gasteiger partial charge in [-0.2, -0.15) is 4.98 Å². The van der Waals surface area contributed by atoms with E-state index in [2.05, 4.69) is 20.4 Å². The van der Waals surface area contributed by atoms with Crippen molar-refractivity contribution in [1.82, 2.24) is 25.0 Å². The van der Waals surface area contributed by atoms with Crippen molar-refractivity contribution in [2.45, 2.75) is 39.7 Å². The first-order valence-corrected chi connectivity index (χ1v) is 11.0. The van der Waals surface area contributed by atoms with Crippen molar-refractivity contribution in [2.24, 2.45) is 0 Å². The monoisotopic (exact) mass is 437 g/mol. The third-order valence-corrected chi connectivity index (χ3v) is 5.85. The molecule has 0 aliphatic heterocycles. The lowest BCUT2D eigenvalue weighted by Crippen LogP contribution is -2.28. The van der Waals surface area contributed by atoms with Crippen molar-refractivity contribution < 1.29 is 9.32 Å². The average Bonchev–Trinajstić information content (AvgIpc) is 3.38. The summed E-state index contributed by atoms with van der Waals surface area (Å²) >= 11 is 1.45. The van der Waals surface area contributed by atoms with Gasteiger partial charge < -0.3 is 9.84 Å². The zero-order chi connectivity index (χ0) is 21.8. The second-order valence-electron chi connectivity index (χ2n) is 7.38. The van der Waals surface area contributed by atoms with Gasteiger partial charge in [0.1, 0.15) is 4.83 Å². The minimum atomic E-state index is -0.124.